The van der Waals surface area contributed by atoms with Crippen molar-refractivity contribution in [2.24, 2.45) is 0 Å². The Balaban J connectivity index is 1.63. The molecule has 36 heavy (non-hydrogen) atoms. The molecule has 2 aromatic carbocycles. The molecule has 0 aromatic heterocycles. The quantitative estimate of drug-likeness (QED) is 0.398. The number of rotatable bonds is 4. The van der Waals surface area contributed by atoms with Crippen LogP contribution in [-0.2, 0) is 23.5 Å². The molecule has 0 bridgehead atoms. The molecule has 1 aliphatic carbocycles. The molecule has 0 spiro atoms. The summed E-state index contributed by atoms with van der Waals surface area (Å²) in [6, 6.07) is 8.52. The van der Waals surface area contributed by atoms with Crippen molar-refractivity contribution >= 4 is 11.9 Å². The third kappa shape index (κ3) is 5.45. The molecule has 1 aliphatic heterocycles. The molecule has 0 saturated carbocycles. The molecule has 194 valence electrons. The van der Waals surface area contributed by atoms with E-state index in [1.54, 1.807) is 0 Å². The average Bonchev–Trinajstić information content (AvgIpc) is 2.82. The fraction of sp³-hybridized carbons (Fsp3) is 0.400. The lowest BCUT2D eigenvalue weighted by Crippen LogP contribution is -2.52. The molecule has 4 rings (SSSR count). The molecule has 1 fully saturated rings. The number of piperazine rings is 1. The number of halogens is 6. The van der Waals surface area contributed by atoms with Crippen LogP contribution in [-0.4, -0.2) is 53.3 Å². The number of fused-ring (bicyclic) bond motifs is 1. The van der Waals surface area contributed by atoms with Crippen molar-refractivity contribution in [1.29, 1.82) is 0 Å². The van der Waals surface area contributed by atoms with Gasteiger partial charge in [0, 0.05) is 31.7 Å². The van der Waals surface area contributed by atoms with E-state index in [1.165, 1.54) is 4.90 Å². The zero-order valence-corrected chi connectivity index (χ0v) is 19.1. The lowest BCUT2D eigenvalue weighted by atomic mass is 9.84. The highest BCUT2D eigenvalue weighted by molar-refractivity contribution is 5.65. The molecule has 2 aromatic rings. The summed E-state index contributed by atoms with van der Waals surface area (Å²) in [5.74, 6) is -0.287. The summed E-state index contributed by atoms with van der Waals surface area (Å²) in [6.45, 7) is 5.02. The van der Waals surface area contributed by atoms with Crippen molar-refractivity contribution < 1.29 is 41.0 Å². The Morgan fingerprint density at radius 2 is 1.53 bits per heavy atom. The summed E-state index contributed by atoms with van der Waals surface area (Å²) in [5.41, 5.74) is -1.28. The van der Waals surface area contributed by atoms with Crippen LogP contribution in [0, 0.1) is 0 Å². The van der Waals surface area contributed by atoms with E-state index in [9.17, 15) is 36.2 Å². The van der Waals surface area contributed by atoms with Gasteiger partial charge in [-0.25, -0.2) is 4.79 Å². The van der Waals surface area contributed by atoms with E-state index < -0.39 is 41.2 Å². The van der Waals surface area contributed by atoms with Crippen molar-refractivity contribution in [3.05, 3.63) is 76.9 Å². The second kappa shape index (κ2) is 9.68. The minimum absolute atomic E-state index is 0.0678. The topological polar surface area (TPSA) is 53.0 Å². The van der Waals surface area contributed by atoms with Crippen LogP contribution in [0.1, 0.15) is 40.3 Å². The molecule has 2 aliphatic rings. The number of alkyl halides is 6. The van der Waals surface area contributed by atoms with E-state index in [-0.39, 0.29) is 31.0 Å². The standard InChI is InChI=1S/C25H24F6N2O3/c1-15(17-12-18(24(26,27)28)14-19(13-17)25(29,30)31)36-21-7-6-16-4-2-3-5-20(16)22(21)32-8-10-33(11-9-32)23(34)35/h2-5,12-14,21-22H,1,6-11H2,(H,34,35)/t21-,22-/m1/s1. The maximum absolute atomic E-state index is 13.3. The number of hydrogen-bond acceptors (Lipinski definition) is 3. The van der Waals surface area contributed by atoms with Gasteiger partial charge in [0.25, 0.3) is 0 Å². The first-order chi connectivity index (χ1) is 16.8. The van der Waals surface area contributed by atoms with Crippen molar-refractivity contribution in [2.45, 2.75) is 37.3 Å². The van der Waals surface area contributed by atoms with Crippen LogP contribution in [0.4, 0.5) is 31.1 Å². The van der Waals surface area contributed by atoms with Gasteiger partial charge in [0.2, 0.25) is 0 Å². The van der Waals surface area contributed by atoms with E-state index in [1.807, 2.05) is 29.2 Å². The number of ether oxygens (including phenoxy) is 1. The van der Waals surface area contributed by atoms with Gasteiger partial charge in [-0.2, -0.15) is 26.3 Å². The molecular formula is C25H24F6N2O3. The van der Waals surface area contributed by atoms with Crippen LogP contribution in [0.2, 0.25) is 0 Å². The molecular weight excluding hydrogens is 490 g/mol. The van der Waals surface area contributed by atoms with Crippen molar-refractivity contribution in [2.75, 3.05) is 26.2 Å². The number of benzene rings is 2. The van der Waals surface area contributed by atoms with E-state index in [0.717, 1.165) is 11.1 Å². The minimum Gasteiger partial charge on any atom is -0.488 e. The summed E-state index contributed by atoms with van der Waals surface area (Å²) in [5, 5.41) is 9.26. The molecule has 1 amide bonds. The molecule has 0 radical (unpaired) electrons. The van der Waals surface area contributed by atoms with Gasteiger partial charge in [0.05, 0.1) is 17.2 Å². The number of hydrogen-bond donors (Lipinski definition) is 1. The predicted octanol–water partition coefficient (Wildman–Crippen LogP) is 6.06. The van der Waals surface area contributed by atoms with Gasteiger partial charge in [-0.3, -0.25) is 4.90 Å². The average molecular weight is 514 g/mol. The summed E-state index contributed by atoms with van der Waals surface area (Å²) >= 11 is 0. The number of carboxylic acid groups (broad SMARTS) is 1. The summed E-state index contributed by atoms with van der Waals surface area (Å²) in [7, 11) is 0. The normalized spacial score (nSPS) is 21.1. The highest BCUT2D eigenvalue weighted by Gasteiger charge is 2.39. The lowest BCUT2D eigenvalue weighted by molar-refractivity contribution is -0.143. The Labute approximate surface area is 203 Å². The highest BCUT2D eigenvalue weighted by atomic mass is 19.4. The molecule has 1 heterocycles. The number of amides is 1. The zero-order chi connectivity index (χ0) is 26.3. The molecule has 11 heteroatoms. The molecule has 1 N–H and O–H groups in total. The van der Waals surface area contributed by atoms with Crippen molar-refractivity contribution in [3.8, 4) is 0 Å². The monoisotopic (exact) mass is 514 g/mol. The van der Waals surface area contributed by atoms with Gasteiger partial charge in [0.1, 0.15) is 11.9 Å². The van der Waals surface area contributed by atoms with Crippen LogP contribution in [0.5, 0.6) is 0 Å². The van der Waals surface area contributed by atoms with Crippen LogP contribution in [0.25, 0.3) is 5.76 Å². The SMILES string of the molecule is C=C(O[C@@H]1CCc2ccccc2[C@H]1N1CCN(C(=O)O)CC1)c1cc(C(F)(F)F)cc(C(F)(F)F)c1. The predicted molar refractivity (Wildman–Crippen MR) is 119 cm³/mol. The Morgan fingerprint density at radius 1 is 0.944 bits per heavy atom. The first-order valence-electron chi connectivity index (χ1n) is 11.3. The van der Waals surface area contributed by atoms with Gasteiger partial charge in [-0.15, -0.1) is 0 Å². The van der Waals surface area contributed by atoms with E-state index >= 15 is 0 Å². The maximum Gasteiger partial charge on any atom is 0.416 e. The van der Waals surface area contributed by atoms with Gasteiger partial charge >= 0.3 is 18.4 Å². The number of nitrogens with zero attached hydrogens (tertiary/aromatic N) is 2. The highest BCUT2D eigenvalue weighted by Crippen LogP contribution is 2.41. The fourth-order valence-corrected chi connectivity index (χ4v) is 4.82. The molecule has 1 saturated heterocycles. The van der Waals surface area contributed by atoms with E-state index in [2.05, 4.69) is 6.58 Å². The Bertz CT molecular complexity index is 1110. The Kier molecular flexibility index (Phi) is 6.96. The molecule has 0 unspecified atom stereocenters. The lowest BCUT2D eigenvalue weighted by Gasteiger charge is -2.44. The third-order valence-corrected chi connectivity index (χ3v) is 6.61. The molecule has 2 atom stereocenters. The fourth-order valence-electron chi connectivity index (χ4n) is 4.82. The largest absolute Gasteiger partial charge is 0.488 e. The molecule has 5 nitrogen and oxygen atoms in total. The van der Waals surface area contributed by atoms with Gasteiger partial charge in [-0.1, -0.05) is 30.8 Å². The third-order valence-electron chi connectivity index (χ3n) is 6.61. The summed E-state index contributed by atoms with van der Waals surface area (Å²) < 4.78 is 86.0. The van der Waals surface area contributed by atoms with E-state index in [0.29, 0.717) is 38.1 Å². The van der Waals surface area contributed by atoms with Crippen LogP contribution in [0.15, 0.2) is 49.0 Å². The van der Waals surface area contributed by atoms with Crippen LogP contribution < -0.4 is 0 Å². The van der Waals surface area contributed by atoms with Gasteiger partial charge in [0.15, 0.2) is 0 Å². The minimum atomic E-state index is -4.98. The summed E-state index contributed by atoms with van der Waals surface area (Å²) in [6.07, 6.45) is -10.5. The van der Waals surface area contributed by atoms with Crippen LogP contribution >= 0.6 is 0 Å². The van der Waals surface area contributed by atoms with Crippen LogP contribution in [0.3, 0.4) is 0 Å². The number of carbonyl (C=O) groups is 1. The smallest absolute Gasteiger partial charge is 0.416 e. The Hall–Kier alpha value is -3.21. The first-order valence-corrected chi connectivity index (χ1v) is 11.3. The second-order valence-corrected chi connectivity index (χ2v) is 8.86. The van der Waals surface area contributed by atoms with Gasteiger partial charge < -0.3 is 14.7 Å². The number of aryl methyl sites for hydroxylation is 1. The zero-order valence-electron chi connectivity index (χ0n) is 19.1. The van der Waals surface area contributed by atoms with Crippen molar-refractivity contribution in [3.63, 3.8) is 0 Å². The van der Waals surface area contributed by atoms with Gasteiger partial charge in [-0.05, 0) is 42.2 Å². The second-order valence-electron chi connectivity index (χ2n) is 8.86. The van der Waals surface area contributed by atoms with Crippen molar-refractivity contribution in [1.82, 2.24) is 9.80 Å². The summed E-state index contributed by atoms with van der Waals surface area (Å²) in [4.78, 5) is 14.6. The maximum atomic E-state index is 13.3. The first kappa shape index (κ1) is 25.9. The Morgan fingerprint density at radius 3 is 2.08 bits per heavy atom. The van der Waals surface area contributed by atoms with E-state index in [4.69, 9.17) is 4.74 Å².